The van der Waals surface area contributed by atoms with Crippen LogP contribution in [0.3, 0.4) is 0 Å². The van der Waals surface area contributed by atoms with Gasteiger partial charge in [0.25, 0.3) is 0 Å². The topological polar surface area (TPSA) is 40.9 Å². The molecule has 0 heterocycles. The summed E-state index contributed by atoms with van der Waals surface area (Å²) < 4.78 is 0. The van der Waals surface area contributed by atoms with Crippen molar-refractivity contribution in [3.05, 3.63) is 6.92 Å². The Bertz CT molecular complexity index is 76.6. The van der Waals surface area contributed by atoms with Gasteiger partial charge >= 0.3 is 0 Å². The molecule has 1 N–H and O–H groups in total. The van der Waals surface area contributed by atoms with Crippen molar-refractivity contribution in [2.24, 2.45) is 5.92 Å². The average molecular weight is 113 g/mol. The Balaban J connectivity index is 3.52. The molecule has 0 aromatic rings. The van der Waals surface area contributed by atoms with Crippen LogP contribution in [-0.2, 0) is 4.79 Å². The van der Waals surface area contributed by atoms with Gasteiger partial charge in [0.15, 0.2) is 0 Å². The zero-order valence-corrected chi connectivity index (χ0v) is 5.11. The predicted octanol–water partition coefficient (Wildman–Crippen LogP) is 0.699. The molecule has 0 rings (SSSR count). The lowest BCUT2D eigenvalue weighted by Crippen LogP contribution is -2.14. The molecule has 2 heteroatoms. The van der Waals surface area contributed by atoms with Crippen molar-refractivity contribution in [3.8, 4) is 0 Å². The zero-order valence-electron chi connectivity index (χ0n) is 5.11. The molecule has 0 amide bonds. The van der Waals surface area contributed by atoms with E-state index in [9.17, 15) is 4.79 Å². The van der Waals surface area contributed by atoms with Crippen LogP contribution in [0.25, 0.3) is 0 Å². The van der Waals surface area contributed by atoms with Crippen molar-refractivity contribution in [1.82, 2.24) is 5.73 Å². The molecule has 8 heavy (non-hydrogen) atoms. The van der Waals surface area contributed by atoms with E-state index in [0.29, 0.717) is 6.42 Å². The lowest BCUT2D eigenvalue weighted by Gasteiger charge is -2.03. The summed E-state index contributed by atoms with van der Waals surface area (Å²) in [7, 11) is 0. The van der Waals surface area contributed by atoms with Crippen LogP contribution >= 0.6 is 0 Å². The lowest BCUT2D eigenvalue weighted by atomic mass is 10.0. The van der Waals surface area contributed by atoms with Crippen LogP contribution < -0.4 is 5.73 Å². The van der Waals surface area contributed by atoms with E-state index in [1.807, 2.05) is 0 Å². The summed E-state index contributed by atoms with van der Waals surface area (Å²) in [5, 5.41) is 0. The van der Waals surface area contributed by atoms with Crippen LogP contribution in [0.15, 0.2) is 0 Å². The first-order valence-corrected chi connectivity index (χ1v) is 2.66. The number of nitrogens with one attached hydrogen (secondary N) is 1. The Morgan fingerprint density at radius 2 is 2.38 bits per heavy atom. The van der Waals surface area contributed by atoms with Crippen molar-refractivity contribution in [1.29, 1.82) is 0 Å². The molecule has 0 aromatic carbocycles. The maximum absolute atomic E-state index is 10.4. The Labute approximate surface area is 50.1 Å². The van der Waals surface area contributed by atoms with E-state index in [1.54, 1.807) is 0 Å². The summed E-state index contributed by atoms with van der Waals surface area (Å²) in [4.78, 5) is 10.4. The molecule has 0 aromatic heterocycles. The van der Waals surface area contributed by atoms with Crippen LogP contribution in [0.4, 0.5) is 0 Å². The van der Waals surface area contributed by atoms with Crippen LogP contribution in [0.2, 0.25) is 0 Å². The number of hydrogen-bond donors (Lipinski definition) is 0. The van der Waals surface area contributed by atoms with Gasteiger partial charge in [0.05, 0.1) is 0 Å². The quantitative estimate of drug-likeness (QED) is 0.531. The minimum absolute atomic E-state index is 0.0787. The first kappa shape index (κ1) is 7.63. The third-order valence-corrected chi connectivity index (χ3v) is 1.17. The smallest absolute Gasteiger partial charge is 0.134 e. The molecule has 0 spiro atoms. The third-order valence-electron chi connectivity index (χ3n) is 1.17. The largest absolute Gasteiger partial charge is 0.300 e. The minimum atomic E-state index is -0.130. The maximum atomic E-state index is 10.4. The number of rotatable bonds is 3. The first-order chi connectivity index (χ1) is 3.72. The fourth-order valence-corrected chi connectivity index (χ4v) is 0.449. The second-order valence-corrected chi connectivity index (χ2v) is 1.80. The van der Waals surface area contributed by atoms with E-state index in [-0.39, 0.29) is 18.2 Å². The fourth-order valence-electron chi connectivity index (χ4n) is 0.449. The molecule has 2 radical (unpaired) electrons. The Morgan fingerprint density at radius 1 is 1.88 bits per heavy atom. The SMILES string of the molecule is [CH2]CC(C[NH])C(C)=O. The van der Waals surface area contributed by atoms with Crippen LogP contribution in [0.1, 0.15) is 13.3 Å². The summed E-state index contributed by atoms with van der Waals surface area (Å²) in [6.45, 7) is 5.22. The van der Waals surface area contributed by atoms with Gasteiger partial charge in [-0.3, -0.25) is 10.5 Å². The molecular weight excluding hydrogens is 102 g/mol. The highest BCUT2D eigenvalue weighted by molar-refractivity contribution is 5.78. The maximum Gasteiger partial charge on any atom is 0.134 e. The van der Waals surface area contributed by atoms with Crippen molar-refractivity contribution < 1.29 is 4.79 Å². The highest BCUT2D eigenvalue weighted by Crippen LogP contribution is 1.99. The van der Waals surface area contributed by atoms with Gasteiger partial charge in [0.1, 0.15) is 5.78 Å². The van der Waals surface area contributed by atoms with Gasteiger partial charge in [-0.15, -0.1) is 0 Å². The molecule has 2 nitrogen and oxygen atoms in total. The highest BCUT2D eigenvalue weighted by Gasteiger charge is 2.07. The molecule has 0 bridgehead atoms. The van der Waals surface area contributed by atoms with Gasteiger partial charge in [-0.05, 0) is 13.3 Å². The van der Waals surface area contributed by atoms with Gasteiger partial charge in [0, 0.05) is 12.5 Å². The van der Waals surface area contributed by atoms with Crippen molar-refractivity contribution in [2.75, 3.05) is 6.54 Å². The van der Waals surface area contributed by atoms with Gasteiger partial charge in [0.2, 0.25) is 0 Å². The van der Waals surface area contributed by atoms with E-state index in [2.05, 4.69) is 6.92 Å². The van der Waals surface area contributed by atoms with E-state index >= 15 is 0 Å². The number of carbonyl (C=O) groups excluding carboxylic acids is 1. The Kier molecular flexibility index (Phi) is 3.44. The van der Waals surface area contributed by atoms with Crippen molar-refractivity contribution >= 4 is 5.78 Å². The second kappa shape index (κ2) is 3.61. The fraction of sp³-hybridized carbons (Fsp3) is 0.667. The Morgan fingerprint density at radius 3 is 2.38 bits per heavy atom. The molecule has 0 aliphatic heterocycles. The van der Waals surface area contributed by atoms with E-state index in [4.69, 9.17) is 5.73 Å². The average Bonchev–Trinajstić information content (AvgIpc) is 1.69. The van der Waals surface area contributed by atoms with E-state index in [0.717, 1.165) is 0 Å². The van der Waals surface area contributed by atoms with Gasteiger partial charge in [-0.1, -0.05) is 6.92 Å². The monoisotopic (exact) mass is 113 g/mol. The minimum Gasteiger partial charge on any atom is -0.300 e. The van der Waals surface area contributed by atoms with Gasteiger partial charge < -0.3 is 0 Å². The standard InChI is InChI=1S/C6H11NO/c1-3-6(4-7)5(2)8/h6-7H,1,3-4H2,2H3. The number of ketones is 1. The molecule has 0 aliphatic carbocycles. The summed E-state index contributed by atoms with van der Waals surface area (Å²) >= 11 is 0. The lowest BCUT2D eigenvalue weighted by molar-refractivity contribution is -0.120. The zero-order chi connectivity index (χ0) is 6.57. The van der Waals surface area contributed by atoms with E-state index in [1.165, 1.54) is 6.92 Å². The highest BCUT2D eigenvalue weighted by atomic mass is 16.1. The van der Waals surface area contributed by atoms with Gasteiger partial charge in [-0.2, -0.15) is 0 Å². The molecule has 0 aliphatic rings. The molecular formula is C6H11NO. The number of carbonyl (C=O) groups is 1. The summed E-state index contributed by atoms with van der Waals surface area (Å²) in [5.74, 6) is -0.0509. The molecule has 0 fully saturated rings. The second-order valence-electron chi connectivity index (χ2n) is 1.80. The molecule has 1 atom stereocenters. The van der Waals surface area contributed by atoms with Crippen LogP contribution in [0.5, 0.6) is 0 Å². The normalized spacial score (nSPS) is 13.4. The van der Waals surface area contributed by atoms with Crippen molar-refractivity contribution in [2.45, 2.75) is 13.3 Å². The third kappa shape index (κ3) is 2.07. The summed E-state index contributed by atoms with van der Waals surface area (Å²) in [6.07, 6.45) is 0.554. The first-order valence-electron chi connectivity index (χ1n) is 2.66. The van der Waals surface area contributed by atoms with Gasteiger partial charge in [-0.25, -0.2) is 0 Å². The molecule has 1 unspecified atom stereocenters. The summed E-state index contributed by atoms with van der Waals surface area (Å²) in [6, 6.07) is 0. The van der Waals surface area contributed by atoms with Crippen molar-refractivity contribution in [3.63, 3.8) is 0 Å². The van der Waals surface area contributed by atoms with Crippen LogP contribution in [0, 0.1) is 12.8 Å². The number of hydrogen-bond acceptors (Lipinski definition) is 1. The molecule has 0 saturated heterocycles. The Hall–Kier alpha value is -0.370. The van der Waals surface area contributed by atoms with Crippen LogP contribution in [-0.4, -0.2) is 12.3 Å². The number of Topliss-reactive ketones (excluding diaryl/α,β-unsaturated/α-hetero) is 1. The molecule has 0 saturated carbocycles. The van der Waals surface area contributed by atoms with E-state index < -0.39 is 0 Å². The summed E-state index contributed by atoms with van der Waals surface area (Å²) in [5.41, 5.74) is 6.83. The molecule has 46 valence electrons. The predicted molar refractivity (Wildman–Crippen MR) is 32.1 cm³/mol.